The Kier molecular flexibility index (Phi) is 7.56. The van der Waals surface area contributed by atoms with E-state index in [-0.39, 0.29) is 23.3 Å². The van der Waals surface area contributed by atoms with Gasteiger partial charge in [0, 0.05) is 57.3 Å². The molecule has 1 aromatic carbocycles. The van der Waals surface area contributed by atoms with Gasteiger partial charge in [-0.3, -0.25) is 14.5 Å². The first kappa shape index (κ1) is 26.7. The van der Waals surface area contributed by atoms with E-state index in [1.54, 1.807) is 4.90 Å². The molecule has 36 heavy (non-hydrogen) atoms. The van der Waals surface area contributed by atoms with Gasteiger partial charge in [0.2, 0.25) is 5.91 Å². The fraction of sp³-hybridized carbons (Fsp3) is 0.643. The average molecular weight is 506 g/mol. The molecule has 1 heterocycles. The van der Waals surface area contributed by atoms with Gasteiger partial charge in [0.05, 0.1) is 5.56 Å². The molecule has 2 unspecified atom stereocenters. The Hall–Kier alpha value is -2.35. The van der Waals surface area contributed by atoms with Crippen molar-refractivity contribution in [2.75, 3.05) is 45.8 Å². The fourth-order valence-electron chi connectivity index (χ4n) is 5.96. The summed E-state index contributed by atoms with van der Waals surface area (Å²) < 4.78 is 39.1. The quantitative estimate of drug-likeness (QED) is 0.493. The highest BCUT2D eigenvalue weighted by molar-refractivity contribution is 5.94. The minimum Gasteiger partial charge on any atom is -0.337 e. The predicted octanol–water partition coefficient (Wildman–Crippen LogP) is 4.94. The van der Waals surface area contributed by atoms with Crippen LogP contribution in [0.5, 0.6) is 0 Å². The number of piperazine rings is 1. The summed E-state index contributed by atoms with van der Waals surface area (Å²) in [7, 11) is 0. The molecule has 0 N–H and O–H groups in total. The SMILES string of the molecule is CC(C)C(=O)N(CCN1CCN(C(=O)c2cccc(C(F)(F)F)c2)CC1)CC1=CCC2CC1C2(C)C. The number of benzene rings is 1. The summed E-state index contributed by atoms with van der Waals surface area (Å²) in [6, 6.07) is 4.62. The summed E-state index contributed by atoms with van der Waals surface area (Å²) >= 11 is 0. The van der Waals surface area contributed by atoms with Crippen molar-refractivity contribution in [2.24, 2.45) is 23.2 Å². The minimum atomic E-state index is -4.47. The summed E-state index contributed by atoms with van der Waals surface area (Å²) in [5.41, 5.74) is 0.969. The molecule has 2 fully saturated rings. The molecular formula is C28H38F3N3O2. The van der Waals surface area contributed by atoms with Crippen molar-refractivity contribution < 1.29 is 22.8 Å². The van der Waals surface area contributed by atoms with Gasteiger partial charge in [0.25, 0.3) is 5.91 Å². The zero-order valence-corrected chi connectivity index (χ0v) is 21.8. The maximum atomic E-state index is 13.0. The van der Waals surface area contributed by atoms with Gasteiger partial charge in [0.15, 0.2) is 0 Å². The molecule has 0 spiro atoms. The molecule has 8 heteroatoms. The van der Waals surface area contributed by atoms with Gasteiger partial charge in [-0.25, -0.2) is 0 Å². The van der Waals surface area contributed by atoms with E-state index in [9.17, 15) is 22.8 Å². The molecule has 1 aliphatic heterocycles. The lowest BCUT2D eigenvalue weighted by Crippen LogP contribution is -2.52. The monoisotopic (exact) mass is 505 g/mol. The van der Waals surface area contributed by atoms with Crippen LogP contribution in [0.1, 0.15) is 56.5 Å². The van der Waals surface area contributed by atoms with Gasteiger partial charge in [-0.05, 0) is 48.3 Å². The van der Waals surface area contributed by atoms with Crippen LogP contribution >= 0.6 is 0 Å². The molecule has 0 radical (unpaired) electrons. The van der Waals surface area contributed by atoms with Gasteiger partial charge in [0.1, 0.15) is 0 Å². The van der Waals surface area contributed by atoms with Crippen molar-refractivity contribution >= 4 is 11.8 Å². The number of allylic oxidation sites excluding steroid dienone is 1. The van der Waals surface area contributed by atoms with Crippen LogP contribution in [-0.4, -0.2) is 72.3 Å². The normalized spacial score (nSPS) is 23.8. The Labute approximate surface area is 212 Å². The Morgan fingerprint density at radius 3 is 2.42 bits per heavy atom. The molecule has 5 nitrogen and oxygen atoms in total. The van der Waals surface area contributed by atoms with Gasteiger partial charge < -0.3 is 9.80 Å². The van der Waals surface area contributed by atoms with E-state index in [4.69, 9.17) is 0 Å². The van der Waals surface area contributed by atoms with Crippen molar-refractivity contribution in [2.45, 2.75) is 46.7 Å². The first-order valence-corrected chi connectivity index (χ1v) is 13.0. The average Bonchev–Trinajstić information content (AvgIpc) is 2.85. The third kappa shape index (κ3) is 5.48. The highest BCUT2D eigenvalue weighted by Crippen LogP contribution is 2.59. The number of carbonyl (C=O) groups is 2. The second kappa shape index (κ2) is 10.2. The Bertz CT molecular complexity index is 1010. The van der Waals surface area contributed by atoms with E-state index >= 15 is 0 Å². The first-order valence-electron chi connectivity index (χ1n) is 13.0. The molecule has 0 aromatic heterocycles. The van der Waals surface area contributed by atoms with Crippen LogP contribution in [-0.2, 0) is 11.0 Å². The maximum absolute atomic E-state index is 13.0. The van der Waals surface area contributed by atoms with Crippen molar-refractivity contribution in [3.63, 3.8) is 0 Å². The molecule has 2 bridgehead atoms. The second-order valence-electron chi connectivity index (χ2n) is 11.4. The smallest absolute Gasteiger partial charge is 0.337 e. The van der Waals surface area contributed by atoms with Crippen LogP contribution in [0.25, 0.3) is 0 Å². The van der Waals surface area contributed by atoms with Crippen LogP contribution in [0.2, 0.25) is 0 Å². The van der Waals surface area contributed by atoms with Gasteiger partial charge in [-0.2, -0.15) is 13.2 Å². The molecular weight excluding hydrogens is 467 g/mol. The van der Waals surface area contributed by atoms with Crippen molar-refractivity contribution in [1.29, 1.82) is 0 Å². The van der Waals surface area contributed by atoms with Crippen LogP contribution < -0.4 is 0 Å². The van der Waals surface area contributed by atoms with E-state index < -0.39 is 11.7 Å². The van der Waals surface area contributed by atoms with Gasteiger partial charge in [-0.1, -0.05) is 45.4 Å². The summed E-state index contributed by atoms with van der Waals surface area (Å²) in [5.74, 6) is 1.04. The molecule has 3 aliphatic carbocycles. The Morgan fingerprint density at radius 1 is 1.14 bits per heavy atom. The second-order valence-corrected chi connectivity index (χ2v) is 11.4. The van der Waals surface area contributed by atoms with E-state index in [0.29, 0.717) is 57.1 Å². The van der Waals surface area contributed by atoms with E-state index in [0.717, 1.165) is 24.5 Å². The number of rotatable bonds is 7. The van der Waals surface area contributed by atoms with Gasteiger partial charge in [-0.15, -0.1) is 0 Å². The molecule has 2 amide bonds. The molecule has 5 rings (SSSR count). The summed E-state index contributed by atoms with van der Waals surface area (Å²) in [4.78, 5) is 31.7. The maximum Gasteiger partial charge on any atom is 0.416 e. The predicted molar refractivity (Wildman–Crippen MR) is 133 cm³/mol. The van der Waals surface area contributed by atoms with Crippen LogP contribution in [0.3, 0.4) is 0 Å². The number of carbonyl (C=O) groups excluding carboxylic acids is 2. The molecule has 1 saturated carbocycles. The van der Waals surface area contributed by atoms with Crippen LogP contribution in [0, 0.1) is 23.2 Å². The lowest BCUT2D eigenvalue weighted by Gasteiger charge is -2.57. The van der Waals surface area contributed by atoms with E-state index in [2.05, 4.69) is 24.8 Å². The van der Waals surface area contributed by atoms with Crippen molar-refractivity contribution in [3.05, 3.63) is 47.0 Å². The first-order chi connectivity index (χ1) is 16.9. The highest BCUT2D eigenvalue weighted by atomic mass is 19.4. The fourth-order valence-corrected chi connectivity index (χ4v) is 5.96. The van der Waals surface area contributed by atoms with Crippen molar-refractivity contribution in [1.82, 2.24) is 14.7 Å². The highest BCUT2D eigenvalue weighted by Gasteiger charge is 2.51. The Balaban J connectivity index is 1.32. The standard InChI is InChI=1S/C28H38F3N3O2/c1-19(2)25(35)34(18-21-8-9-22-17-24(21)27(22,3)4)15-12-32-10-13-33(14-11-32)26(36)20-6-5-7-23(16-20)28(29,30)31/h5-8,16,19,22,24H,9-15,17-18H2,1-4H3. The number of halogens is 3. The van der Waals surface area contributed by atoms with Crippen LogP contribution in [0.15, 0.2) is 35.9 Å². The topological polar surface area (TPSA) is 43.9 Å². The number of hydrogen-bond donors (Lipinski definition) is 0. The largest absolute Gasteiger partial charge is 0.416 e. The minimum absolute atomic E-state index is 0.0638. The summed E-state index contributed by atoms with van der Waals surface area (Å²) in [6.07, 6.45) is 0.204. The number of hydrogen-bond acceptors (Lipinski definition) is 3. The third-order valence-electron chi connectivity index (χ3n) is 8.54. The summed E-state index contributed by atoms with van der Waals surface area (Å²) in [5, 5.41) is 0. The molecule has 1 saturated heterocycles. The molecule has 198 valence electrons. The number of nitrogens with zero attached hydrogens (tertiary/aromatic N) is 3. The Morgan fingerprint density at radius 2 is 1.83 bits per heavy atom. The number of amides is 2. The van der Waals surface area contributed by atoms with Crippen molar-refractivity contribution in [3.8, 4) is 0 Å². The van der Waals surface area contributed by atoms with Crippen LogP contribution in [0.4, 0.5) is 13.2 Å². The summed E-state index contributed by atoms with van der Waals surface area (Å²) in [6.45, 7) is 12.8. The van der Waals surface area contributed by atoms with E-state index in [1.165, 1.54) is 24.1 Å². The third-order valence-corrected chi connectivity index (χ3v) is 8.54. The number of alkyl halides is 3. The molecule has 1 aromatic rings. The lowest BCUT2D eigenvalue weighted by molar-refractivity contribution is -0.137. The zero-order chi connectivity index (χ0) is 26.3. The molecule has 4 aliphatic rings. The number of fused-ring (bicyclic) bond motifs is 1. The molecule has 2 atom stereocenters. The lowest BCUT2D eigenvalue weighted by atomic mass is 9.49. The zero-order valence-electron chi connectivity index (χ0n) is 21.8. The van der Waals surface area contributed by atoms with Gasteiger partial charge >= 0.3 is 6.18 Å². The van der Waals surface area contributed by atoms with E-state index in [1.807, 2.05) is 18.7 Å².